The minimum absolute atomic E-state index is 0.00432. The van der Waals surface area contributed by atoms with Crippen LogP contribution in [0.5, 0.6) is 0 Å². The maximum atomic E-state index is 13.3. The van der Waals surface area contributed by atoms with E-state index >= 15 is 0 Å². The van der Waals surface area contributed by atoms with Gasteiger partial charge in [-0.15, -0.1) is 0 Å². The van der Waals surface area contributed by atoms with Crippen molar-refractivity contribution in [2.45, 2.75) is 19.8 Å². The molecule has 0 aromatic heterocycles. The molecule has 5 nitrogen and oxygen atoms in total. The maximum absolute atomic E-state index is 13.3. The van der Waals surface area contributed by atoms with E-state index in [9.17, 15) is 13.6 Å². The largest absolute Gasteiger partial charge is 0.326 e. The smallest absolute Gasteiger partial charge is 0.224 e. The lowest BCUT2D eigenvalue weighted by atomic mass is 10.2. The van der Waals surface area contributed by atoms with Crippen LogP contribution in [0.2, 0.25) is 0 Å². The summed E-state index contributed by atoms with van der Waals surface area (Å²) >= 11 is 0. The van der Waals surface area contributed by atoms with Gasteiger partial charge in [0.2, 0.25) is 5.91 Å². The predicted molar refractivity (Wildman–Crippen MR) is 58.7 cm³/mol. The molecule has 1 N–H and O–H groups in total. The number of carbonyl (C=O) groups is 1. The van der Waals surface area contributed by atoms with Crippen molar-refractivity contribution in [2.24, 2.45) is 5.11 Å². The van der Waals surface area contributed by atoms with Crippen molar-refractivity contribution in [1.82, 2.24) is 0 Å². The minimum atomic E-state index is -1.02. The highest BCUT2D eigenvalue weighted by atomic mass is 19.1. The fraction of sp³-hybridized carbons (Fsp3) is 0.300. The Balaban J connectivity index is 2.98. The molecule has 0 bridgehead atoms. The summed E-state index contributed by atoms with van der Waals surface area (Å²) in [6.07, 6.45) is 0.898. The third-order valence-electron chi connectivity index (χ3n) is 1.92. The summed E-state index contributed by atoms with van der Waals surface area (Å²) in [6, 6.07) is 1.81. The van der Waals surface area contributed by atoms with Crippen LogP contribution in [0.15, 0.2) is 17.2 Å². The van der Waals surface area contributed by atoms with E-state index in [0.29, 0.717) is 6.42 Å². The van der Waals surface area contributed by atoms with Crippen molar-refractivity contribution in [3.63, 3.8) is 0 Å². The van der Waals surface area contributed by atoms with Crippen LogP contribution in [0.3, 0.4) is 0 Å². The summed E-state index contributed by atoms with van der Waals surface area (Å²) in [6.45, 7) is 1.81. The Labute approximate surface area is 96.1 Å². The standard InChI is InChI=1S/C10H10F2N4O/c1-2-3-9(17)14-6-4-7(11)10(15-16-13)8(12)5-6/h4-5H,2-3H2,1H3,(H,14,17). The number of amides is 1. The lowest BCUT2D eigenvalue weighted by Gasteiger charge is -2.06. The molecule has 0 fully saturated rings. The van der Waals surface area contributed by atoms with Crippen LogP contribution in [0.25, 0.3) is 10.4 Å². The Bertz CT molecular complexity index is 460. The number of anilines is 1. The van der Waals surface area contributed by atoms with Gasteiger partial charge in [0.15, 0.2) is 0 Å². The molecule has 0 atom stereocenters. The first-order valence-corrected chi connectivity index (χ1v) is 4.92. The number of hydrogen-bond donors (Lipinski definition) is 1. The van der Waals surface area contributed by atoms with Crippen molar-refractivity contribution >= 4 is 17.3 Å². The predicted octanol–water partition coefficient (Wildman–Crippen LogP) is 3.65. The van der Waals surface area contributed by atoms with Crippen LogP contribution in [0.1, 0.15) is 19.8 Å². The van der Waals surface area contributed by atoms with E-state index < -0.39 is 17.3 Å². The second-order valence-corrected chi connectivity index (χ2v) is 3.28. The van der Waals surface area contributed by atoms with E-state index in [1.54, 1.807) is 0 Å². The van der Waals surface area contributed by atoms with Gasteiger partial charge in [-0.25, -0.2) is 8.78 Å². The van der Waals surface area contributed by atoms with Gasteiger partial charge in [-0.3, -0.25) is 4.79 Å². The zero-order valence-electron chi connectivity index (χ0n) is 9.07. The van der Waals surface area contributed by atoms with Crippen molar-refractivity contribution < 1.29 is 13.6 Å². The molecule has 0 saturated carbocycles. The summed E-state index contributed by atoms with van der Waals surface area (Å²) in [7, 11) is 0. The molecular weight excluding hydrogens is 230 g/mol. The maximum Gasteiger partial charge on any atom is 0.224 e. The third-order valence-corrected chi connectivity index (χ3v) is 1.92. The van der Waals surface area contributed by atoms with Gasteiger partial charge in [-0.2, -0.15) is 0 Å². The molecule has 1 amide bonds. The van der Waals surface area contributed by atoms with Crippen LogP contribution in [0, 0.1) is 11.6 Å². The van der Waals surface area contributed by atoms with Crippen molar-refractivity contribution in [1.29, 1.82) is 0 Å². The van der Waals surface area contributed by atoms with Crippen molar-refractivity contribution in [2.75, 3.05) is 5.32 Å². The lowest BCUT2D eigenvalue weighted by molar-refractivity contribution is -0.116. The number of hydrogen-bond acceptors (Lipinski definition) is 2. The van der Waals surface area contributed by atoms with Gasteiger partial charge < -0.3 is 5.32 Å². The highest BCUT2D eigenvalue weighted by molar-refractivity contribution is 5.90. The van der Waals surface area contributed by atoms with Gasteiger partial charge in [0, 0.05) is 17.0 Å². The molecule has 0 aliphatic heterocycles. The molecule has 0 heterocycles. The molecule has 0 aliphatic rings. The van der Waals surface area contributed by atoms with Crippen LogP contribution in [-0.4, -0.2) is 5.91 Å². The van der Waals surface area contributed by atoms with E-state index in [1.165, 1.54) is 0 Å². The summed E-state index contributed by atoms with van der Waals surface area (Å²) in [5.41, 5.74) is 7.40. The summed E-state index contributed by atoms with van der Waals surface area (Å²) < 4.78 is 26.6. The molecule has 0 aliphatic carbocycles. The van der Waals surface area contributed by atoms with Gasteiger partial charge in [-0.1, -0.05) is 12.0 Å². The average Bonchev–Trinajstić information content (AvgIpc) is 2.23. The molecule has 0 saturated heterocycles. The number of carbonyl (C=O) groups excluding carboxylic acids is 1. The molecule has 17 heavy (non-hydrogen) atoms. The van der Waals surface area contributed by atoms with E-state index in [4.69, 9.17) is 5.53 Å². The van der Waals surface area contributed by atoms with Crippen molar-refractivity contribution in [3.8, 4) is 0 Å². The topological polar surface area (TPSA) is 77.9 Å². The minimum Gasteiger partial charge on any atom is -0.326 e. The molecule has 7 heteroatoms. The Kier molecular flexibility index (Phi) is 4.42. The van der Waals surface area contributed by atoms with Crippen LogP contribution >= 0.6 is 0 Å². The van der Waals surface area contributed by atoms with E-state index in [2.05, 4.69) is 15.3 Å². The highest BCUT2D eigenvalue weighted by Gasteiger charge is 2.10. The lowest BCUT2D eigenvalue weighted by Crippen LogP contribution is -2.11. The Morgan fingerprint density at radius 1 is 1.47 bits per heavy atom. The summed E-state index contributed by atoms with van der Waals surface area (Å²) in [5, 5.41) is 5.22. The number of azide groups is 1. The summed E-state index contributed by atoms with van der Waals surface area (Å²) in [5.74, 6) is -2.37. The van der Waals surface area contributed by atoms with E-state index in [-0.39, 0.29) is 18.0 Å². The number of rotatable bonds is 4. The highest BCUT2D eigenvalue weighted by Crippen LogP contribution is 2.26. The molecular formula is C10H10F2N4O. The fourth-order valence-corrected chi connectivity index (χ4v) is 1.23. The molecule has 0 spiro atoms. The fourth-order valence-electron chi connectivity index (χ4n) is 1.23. The van der Waals surface area contributed by atoms with Crippen LogP contribution in [-0.2, 0) is 4.79 Å². The van der Waals surface area contributed by atoms with Gasteiger partial charge in [0.25, 0.3) is 0 Å². The van der Waals surface area contributed by atoms with Gasteiger partial charge in [0.1, 0.15) is 17.3 Å². The SMILES string of the molecule is CCCC(=O)Nc1cc(F)c(N=[N+]=[N-])c(F)c1. The molecule has 0 unspecified atom stereocenters. The van der Waals surface area contributed by atoms with Gasteiger partial charge in [0.05, 0.1) is 0 Å². The Morgan fingerprint density at radius 3 is 2.53 bits per heavy atom. The number of benzene rings is 1. The molecule has 1 aromatic carbocycles. The first-order chi connectivity index (χ1) is 8.08. The third kappa shape index (κ3) is 3.42. The normalized spacial score (nSPS) is 9.59. The Hall–Kier alpha value is -2.14. The first-order valence-electron chi connectivity index (χ1n) is 4.92. The zero-order chi connectivity index (χ0) is 12.8. The first kappa shape index (κ1) is 12.9. The van der Waals surface area contributed by atoms with E-state index in [1.807, 2.05) is 6.92 Å². The molecule has 90 valence electrons. The van der Waals surface area contributed by atoms with Crippen LogP contribution in [0.4, 0.5) is 20.2 Å². The van der Waals surface area contributed by atoms with E-state index in [0.717, 1.165) is 12.1 Å². The summed E-state index contributed by atoms with van der Waals surface area (Å²) in [4.78, 5) is 13.5. The Morgan fingerprint density at radius 2 is 2.06 bits per heavy atom. The second kappa shape index (κ2) is 5.81. The number of nitrogens with zero attached hydrogens (tertiary/aromatic N) is 3. The molecule has 0 radical (unpaired) electrons. The van der Waals surface area contributed by atoms with Gasteiger partial charge in [-0.05, 0) is 24.1 Å². The van der Waals surface area contributed by atoms with Crippen LogP contribution < -0.4 is 5.32 Å². The number of halogens is 2. The number of nitrogens with one attached hydrogen (secondary N) is 1. The zero-order valence-corrected chi connectivity index (χ0v) is 9.07. The molecule has 1 aromatic rings. The quantitative estimate of drug-likeness (QED) is 0.486. The van der Waals surface area contributed by atoms with Crippen molar-refractivity contribution in [3.05, 3.63) is 34.2 Å². The average molecular weight is 240 g/mol. The second-order valence-electron chi connectivity index (χ2n) is 3.28. The molecule has 1 rings (SSSR count). The monoisotopic (exact) mass is 240 g/mol. The van der Waals surface area contributed by atoms with Gasteiger partial charge >= 0.3 is 0 Å².